The van der Waals surface area contributed by atoms with Crippen LogP contribution in [0, 0.1) is 5.92 Å². The third kappa shape index (κ3) is 2.78. The van der Waals surface area contributed by atoms with Gasteiger partial charge in [-0.25, -0.2) is 0 Å². The molecule has 2 amide bonds. The predicted octanol–water partition coefficient (Wildman–Crippen LogP) is 2.04. The zero-order valence-corrected chi connectivity index (χ0v) is 13.9. The van der Waals surface area contributed by atoms with Crippen LogP contribution < -0.4 is 5.32 Å². The lowest BCUT2D eigenvalue weighted by Crippen LogP contribution is -2.42. The number of rotatable bonds is 3. The molecule has 1 N–H and O–H groups in total. The Balaban J connectivity index is 1.48. The molecule has 6 heteroatoms. The maximum Gasteiger partial charge on any atom is 0.255 e. The number of carbonyl (C=O) groups excluding carboxylic acids is 2. The van der Waals surface area contributed by atoms with Gasteiger partial charge in [0.05, 0.1) is 23.6 Å². The van der Waals surface area contributed by atoms with E-state index in [2.05, 4.69) is 5.32 Å². The van der Waals surface area contributed by atoms with Crippen molar-refractivity contribution in [1.29, 1.82) is 0 Å². The molecular weight excluding hydrogens is 312 g/mol. The molecule has 1 saturated carbocycles. The lowest BCUT2D eigenvalue weighted by molar-refractivity contribution is -0.128. The summed E-state index contributed by atoms with van der Waals surface area (Å²) < 4.78 is 5.82. The number of nitrogens with zero attached hydrogens (tertiary/aromatic N) is 1. The molecule has 1 aromatic heterocycles. The van der Waals surface area contributed by atoms with Crippen LogP contribution in [0.3, 0.4) is 0 Å². The van der Waals surface area contributed by atoms with E-state index < -0.39 is 0 Å². The van der Waals surface area contributed by atoms with Crippen molar-refractivity contribution in [3.8, 4) is 0 Å². The highest BCUT2D eigenvalue weighted by atomic mass is 32.1. The topological polar surface area (TPSA) is 58.6 Å². The first-order valence-electron chi connectivity index (χ1n) is 8.49. The van der Waals surface area contributed by atoms with Crippen LogP contribution in [-0.4, -0.2) is 48.1 Å². The van der Waals surface area contributed by atoms with Crippen molar-refractivity contribution in [2.75, 3.05) is 13.2 Å². The third-order valence-corrected chi connectivity index (χ3v) is 6.04. The smallest absolute Gasteiger partial charge is 0.255 e. The molecule has 3 fully saturated rings. The van der Waals surface area contributed by atoms with E-state index in [1.165, 1.54) is 24.2 Å². The third-order valence-electron chi connectivity index (χ3n) is 5.36. The van der Waals surface area contributed by atoms with Crippen LogP contribution in [0.4, 0.5) is 0 Å². The number of likely N-dealkylation sites (tertiary alicyclic amines) is 1. The number of hydrogen-bond acceptors (Lipinski definition) is 4. The molecule has 23 heavy (non-hydrogen) atoms. The maximum atomic E-state index is 12.7. The Labute approximate surface area is 140 Å². The van der Waals surface area contributed by atoms with E-state index in [4.69, 9.17) is 4.74 Å². The highest BCUT2D eigenvalue weighted by molar-refractivity contribution is 7.08. The largest absolute Gasteiger partial charge is 0.375 e. The summed E-state index contributed by atoms with van der Waals surface area (Å²) in [5, 5.41) is 6.96. The molecule has 1 aliphatic carbocycles. The van der Waals surface area contributed by atoms with E-state index in [9.17, 15) is 9.59 Å². The summed E-state index contributed by atoms with van der Waals surface area (Å²) in [6.45, 7) is 1.11. The maximum absolute atomic E-state index is 12.7. The summed E-state index contributed by atoms with van der Waals surface area (Å²) in [6.07, 6.45) is 5.23. The average Bonchev–Trinajstić information content (AvgIpc) is 3.30. The summed E-state index contributed by atoms with van der Waals surface area (Å²) in [5.74, 6) is -0.136. The Morgan fingerprint density at radius 2 is 2.09 bits per heavy atom. The van der Waals surface area contributed by atoms with Crippen molar-refractivity contribution >= 4 is 23.2 Å². The second-order valence-corrected chi connectivity index (χ2v) is 7.54. The van der Waals surface area contributed by atoms with E-state index in [1.807, 2.05) is 21.7 Å². The first kappa shape index (κ1) is 15.1. The fourth-order valence-electron chi connectivity index (χ4n) is 4.16. The molecule has 2 aliphatic heterocycles. The summed E-state index contributed by atoms with van der Waals surface area (Å²) >= 11 is 1.52. The van der Waals surface area contributed by atoms with Gasteiger partial charge in [-0.05, 0) is 30.7 Å². The highest BCUT2D eigenvalue weighted by Gasteiger charge is 2.50. The summed E-state index contributed by atoms with van der Waals surface area (Å²) in [6, 6.07) is 2.20. The SMILES string of the molecule is O=C(NC1CCCC1)[C@@H]1CN(C(=O)c2ccsc2)[C@H]2CCO[C@@H]12. The lowest BCUT2D eigenvalue weighted by Gasteiger charge is -2.22. The summed E-state index contributed by atoms with van der Waals surface area (Å²) in [4.78, 5) is 27.2. The van der Waals surface area contributed by atoms with Gasteiger partial charge in [-0.3, -0.25) is 9.59 Å². The first-order chi connectivity index (χ1) is 11.2. The molecule has 0 bridgehead atoms. The number of carbonyl (C=O) groups is 2. The molecule has 2 saturated heterocycles. The van der Waals surface area contributed by atoms with Crippen LogP contribution in [-0.2, 0) is 9.53 Å². The molecule has 0 unspecified atom stereocenters. The molecule has 0 spiro atoms. The minimum absolute atomic E-state index is 0.0305. The van der Waals surface area contributed by atoms with Gasteiger partial charge in [0.15, 0.2) is 0 Å². The first-order valence-corrected chi connectivity index (χ1v) is 9.43. The zero-order valence-electron chi connectivity index (χ0n) is 13.1. The van der Waals surface area contributed by atoms with E-state index in [0.29, 0.717) is 19.2 Å². The number of ether oxygens (including phenoxy) is 1. The number of thiophene rings is 1. The Hall–Kier alpha value is -1.40. The van der Waals surface area contributed by atoms with Crippen LogP contribution in [0.1, 0.15) is 42.5 Å². The minimum Gasteiger partial charge on any atom is -0.375 e. The Kier molecular flexibility index (Phi) is 4.11. The lowest BCUT2D eigenvalue weighted by atomic mass is 10.0. The average molecular weight is 334 g/mol. The van der Waals surface area contributed by atoms with Crippen LogP contribution in [0.5, 0.6) is 0 Å². The monoisotopic (exact) mass is 334 g/mol. The molecule has 3 heterocycles. The van der Waals surface area contributed by atoms with Crippen molar-refractivity contribution in [3.05, 3.63) is 22.4 Å². The standard InChI is InChI=1S/C17H22N2O3S/c20-16(18-12-3-1-2-4-12)13-9-19(14-5-7-22-15(13)14)17(21)11-6-8-23-10-11/h6,8,10,12-15H,1-5,7,9H2,(H,18,20)/t13-,14+,15+/m1/s1. The van der Waals surface area contributed by atoms with E-state index in [0.717, 1.165) is 24.8 Å². The van der Waals surface area contributed by atoms with Crippen LogP contribution in [0.15, 0.2) is 16.8 Å². The quantitative estimate of drug-likeness (QED) is 0.920. The van der Waals surface area contributed by atoms with Gasteiger partial charge in [0.25, 0.3) is 5.91 Å². The fraction of sp³-hybridized carbons (Fsp3) is 0.647. The van der Waals surface area contributed by atoms with Crippen molar-refractivity contribution in [3.63, 3.8) is 0 Å². The van der Waals surface area contributed by atoms with Crippen molar-refractivity contribution in [1.82, 2.24) is 10.2 Å². The number of nitrogens with one attached hydrogen (secondary N) is 1. The summed E-state index contributed by atoms with van der Waals surface area (Å²) in [7, 11) is 0. The molecular formula is C17H22N2O3S. The second-order valence-electron chi connectivity index (χ2n) is 6.76. The number of amides is 2. The second kappa shape index (κ2) is 6.24. The molecule has 124 valence electrons. The van der Waals surface area contributed by atoms with Crippen molar-refractivity contribution in [2.45, 2.75) is 50.3 Å². The van der Waals surface area contributed by atoms with Gasteiger partial charge in [0.1, 0.15) is 0 Å². The van der Waals surface area contributed by atoms with Crippen LogP contribution in [0.25, 0.3) is 0 Å². The minimum atomic E-state index is -0.231. The Morgan fingerprint density at radius 1 is 1.26 bits per heavy atom. The molecule has 0 aromatic carbocycles. The number of hydrogen-bond donors (Lipinski definition) is 1. The fourth-order valence-corrected chi connectivity index (χ4v) is 4.79. The van der Waals surface area contributed by atoms with Gasteiger partial charge in [0, 0.05) is 24.6 Å². The molecule has 5 nitrogen and oxygen atoms in total. The molecule has 3 aliphatic rings. The predicted molar refractivity (Wildman–Crippen MR) is 87.4 cm³/mol. The van der Waals surface area contributed by atoms with E-state index in [-0.39, 0.29) is 29.9 Å². The molecule has 0 radical (unpaired) electrons. The van der Waals surface area contributed by atoms with Gasteiger partial charge in [0.2, 0.25) is 5.91 Å². The summed E-state index contributed by atoms with van der Waals surface area (Å²) in [5.41, 5.74) is 0.720. The van der Waals surface area contributed by atoms with Crippen LogP contribution >= 0.6 is 11.3 Å². The van der Waals surface area contributed by atoms with Gasteiger partial charge >= 0.3 is 0 Å². The number of fused-ring (bicyclic) bond motifs is 1. The molecule has 3 atom stereocenters. The Morgan fingerprint density at radius 3 is 2.83 bits per heavy atom. The van der Waals surface area contributed by atoms with Gasteiger partial charge in [-0.15, -0.1) is 0 Å². The van der Waals surface area contributed by atoms with Gasteiger partial charge in [-0.1, -0.05) is 12.8 Å². The van der Waals surface area contributed by atoms with Gasteiger partial charge < -0.3 is 15.0 Å². The van der Waals surface area contributed by atoms with Crippen molar-refractivity contribution < 1.29 is 14.3 Å². The highest BCUT2D eigenvalue weighted by Crippen LogP contribution is 2.35. The van der Waals surface area contributed by atoms with Crippen LogP contribution in [0.2, 0.25) is 0 Å². The van der Waals surface area contributed by atoms with E-state index >= 15 is 0 Å². The molecule has 1 aromatic rings. The molecule has 4 rings (SSSR count). The van der Waals surface area contributed by atoms with E-state index in [1.54, 1.807) is 0 Å². The zero-order chi connectivity index (χ0) is 15.8. The normalized spacial score (nSPS) is 30.6. The van der Waals surface area contributed by atoms with Crippen molar-refractivity contribution in [2.24, 2.45) is 5.92 Å². The Bertz CT molecular complexity index is 583. The van der Waals surface area contributed by atoms with Gasteiger partial charge in [-0.2, -0.15) is 11.3 Å².